The van der Waals surface area contributed by atoms with E-state index >= 15 is 0 Å². The molecule has 16 heavy (non-hydrogen) atoms. The maximum atomic E-state index is 11.3. The highest BCUT2D eigenvalue weighted by molar-refractivity contribution is 5.82. The van der Waals surface area contributed by atoms with Crippen LogP contribution in [0.2, 0.25) is 0 Å². The lowest BCUT2D eigenvalue weighted by Crippen LogP contribution is -2.46. The van der Waals surface area contributed by atoms with E-state index in [0.29, 0.717) is 19.4 Å². The summed E-state index contributed by atoms with van der Waals surface area (Å²) in [6.45, 7) is 2.42. The number of carbonyl (C=O) groups is 2. The van der Waals surface area contributed by atoms with Crippen molar-refractivity contribution in [1.29, 1.82) is 0 Å². The number of carboxylic acids is 1. The second kappa shape index (κ2) is 8.06. The van der Waals surface area contributed by atoms with Gasteiger partial charge in [-0.05, 0) is 25.8 Å². The normalized spacial score (nSPS) is 12.2. The molecule has 0 fully saturated rings. The van der Waals surface area contributed by atoms with E-state index in [0.717, 1.165) is 6.42 Å². The van der Waals surface area contributed by atoms with Gasteiger partial charge in [-0.15, -0.1) is 0 Å². The lowest BCUT2D eigenvalue weighted by Gasteiger charge is -2.27. The number of aliphatic carboxylic acids is 1. The van der Waals surface area contributed by atoms with Gasteiger partial charge < -0.3 is 21.5 Å². The Morgan fingerprint density at radius 1 is 1.25 bits per heavy atom. The molecule has 0 aliphatic rings. The molecule has 1 atom stereocenters. The van der Waals surface area contributed by atoms with Gasteiger partial charge in [0, 0.05) is 20.0 Å². The van der Waals surface area contributed by atoms with Gasteiger partial charge in [0.05, 0.1) is 0 Å². The lowest BCUT2D eigenvalue weighted by molar-refractivity contribution is -0.149. The highest BCUT2D eigenvalue weighted by Crippen LogP contribution is 2.09. The monoisotopic (exact) mass is 231 g/mol. The predicted octanol–water partition coefficient (Wildman–Crippen LogP) is -0.624. The van der Waals surface area contributed by atoms with Crippen molar-refractivity contribution in [3.63, 3.8) is 0 Å². The van der Waals surface area contributed by atoms with Crippen LogP contribution in [0.25, 0.3) is 0 Å². The highest BCUT2D eigenvalue weighted by atomic mass is 16.4. The molecule has 5 N–H and O–H groups in total. The van der Waals surface area contributed by atoms with Gasteiger partial charge in [0.2, 0.25) is 5.91 Å². The van der Waals surface area contributed by atoms with E-state index in [2.05, 4.69) is 0 Å². The topological polar surface area (TPSA) is 110 Å². The molecule has 0 saturated carbocycles. The first-order valence-corrected chi connectivity index (χ1v) is 5.44. The molecule has 0 aromatic rings. The van der Waals surface area contributed by atoms with Gasteiger partial charge in [-0.1, -0.05) is 0 Å². The zero-order valence-electron chi connectivity index (χ0n) is 9.69. The number of amides is 1. The average molecular weight is 231 g/mol. The molecule has 0 heterocycles. The van der Waals surface area contributed by atoms with Gasteiger partial charge in [-0.3, -0.25) is 4.79 Å². The first kappa shape index (κ1) is 14.9. The molecule has 1 amide bonds. The fourth-order valence-corrected chi connectivity index (χ4v) is 1.57. The molecule has 0 radical (unpaired) electrons. The number of unbranched alkanes of at least 4 members (excludes halogenated alkanes) is 1. The van der Waals surface area contributed by atoms with Crippen LogP contribution in [0.1, 0.15) is 26.2 Å². The van der Waals surface area contributed by atoms with Crippen molar-refractivity contribution in [1.82, 2.24) is 4.90 Å². The summed E-state index contributed by atoms with van der Waals surface area (Å²) in [4.78, 5) is 23.6. The number of rotatable bonds is 8. The molecule has 0 unspecified atom stereocenters. The Morgan fingerprint density at radius 2 is 1.88 bits per heavy atom. The maximum Gasteiger partial charge on any atom is 0.326 e. The Bertz CT molecular complexity index is 233. The minimum absolute atomic E-state index is 0.259. The van der Waals surface area contributed by atoms with Crippen LogP contribution in [-0.2, 0) is 9.59 Å². The van der Waals surface area contributed by atoms with Crippen LogP contribution in [0.15, 0.2) is 0 Å². The van der Waals surface area contributed by atoms with Gasteiger partial charge >= 0.3 is 5.97 Å². The Labute approximate surface area is 95.6 Å². The summed E-state index contributed by atoms with van der Waals surface area (Å²) in [5.74, 6) is -1.24. The SMILES string of the molecule is CC(=O)N(CCN)[C@@H](CCCCN)C(=O)O. The summed E-state index contributed by atoms with van der Waals surface area (Å²) in [5, 5.41) is 9.05. The van der Waals surface area contributed by atoms with E-state index in [9.17, 15) is 9.59 Å². The van der Waals surface area contributed by atoms with Gasteiger partial charge in [-0.25, -0.2) is 4.79 Å². The van der Waals surface area contributed by atoms with E-state index in [4.69, 9.17) is 16.6 Å². The number of nitrogens with zero attached hydrogens (tertiary/aromatic N) is 1. The number of carboxylic acid groups (broad SMARTS) is 1. The summed E-state index contributed by atoms with van der Waals surface area (Å²) >= 11 is 0. The molecule has 0 aliphatic carbocycles. The number of nitrogens with two attached hydrogens (primary N) is 2. The molecule has 6 nitrogen and oxygen atoms in total. The van der Waals surface area contributed by atoms with Crippen molar-refractivity contribution in [3.05, 3.63) is 0 Å². The van der Waals surface area contributed by atoms with Crippen molar-refractivity contribution in [3.8, 4) is 0 Å². The van der Waals surface area contributed by atoms with Crippen molar-refractivity contribution >= 4 is 11.9 Å². The van der Waals surface area contributed by atoms with Crippen LogP contribution < -0.4 is 11.5 Å². The predicted molar refractivity (Wildman–Crippen MR) is 60.8 cm³/mol. The molecule has 0 bridgehead atoms. The summed E-state index contributed by atoms with van der Waals surface area (Å²) in [5.41, 5.74) is 10.7. The minimum atomic E-state index is -0.985. The van der Waals surface area contributed by atoms with Gasteiger partial charge in [-0.2, -0.15) is 0 Å². The number of carbonyl (C=O) groups excluding carboxylic acids is 1. The van der Waals surface area contributed by atoms with Gasteiger partial charge in [0.25, 0.3) is 0 Å². The summed E-state index contributed by atoms with van der Waals surface area (Å²) < 4.78 is 0. The lowest BCUT2D eigenvalue weighted by atomic mass is 10.1. The van der Waals surface area contributed by atoms with E-state index < -0.39 is 12.0 Å². The van der Waals surface area contributed by atoms with Crippen LogP contribution in [0.4, 0.5) is 0 Å². The van der Waals surface area contributed by atoms with E-state index in [1.54, 1.807) is 0 Å². The van der Waals surface area contributed by atoms with Gasteiger partial charge in [0.1, 0.15) is 6.04 Å². The molecule has 0 aliphatic heterocycles. The third-order valence-electron chi connectivity index (χ3n) is 2.37. The Morgan fingerprint density at radius 3 is 2.25 bits per heavy atom. The van der Waals surface area contributed by atoms with Crippen LogP contribution in [0, 0.1) is 0 Å². The highest BCUT2D eigenvalue weighted by Gasteiger charge is 2.26. The van der Waals surface area contributed by atoms with Crippen LogP contribution >= 0.6 is 0 Å². The molecule has 94 valence electrons. The Hall–Kier alpha value is -1.14. The fourth-order valence-electron chi connectivity index (χ4n) is 1.57. The molecule has 0 saturated heterocycles. The summed E-state index contributed by atoms with van der Waals surface area (Å²) in [6, 6.07) is -0.785. The molecular formula is C10H21N3O3. The zero-order chi connectivity index (χ0) is 12.6. The first-order chi connectivity index (χ1) is 7.54. The molecule has 6 heteroatoms. The molecular weight excluding hydrogens is 210 g/mol. The number of hydrogen-bond acceptors (Lipinski definition) is 4. The van der Waals surface area contributed by atoms with Gasteiger partial charge in [0.15, 0.2) is 0 Å². The maximum absolute atomic E-state index is 11.3. The van der Waals surface area contributed by atoms with Crippen LogP contribution in [0.5, 0.6) is 0 Å². The Balaban J connectivity index is 4.45. The largest absolute Gasteiger partial charge is 0.480 e. The molecule has 0 rings (SSSR count). The van der Waals surface area contributed by atoms with E-state index in [1.165, 1.54) is 11.8 Å². The van der Waals surface area contributed by atoms with Crippen molar-refractivity contribution in [2.24, 2.45) is 11.5 Å². The molecule has 0 aromatic heterocycles. The van der Waals surface area contributed by atoms with E-state index in [1.807, 2.05) is 0 Å². The standard InChI is InChI=1S/C10H21N3O3/c1-8(14)13(7-6-12)9(10(15)16)4-2-3-5-11/h9H,2-7,11-12H2,1H3,(H,15,16)/t9-/m0/s1. The van der Waals surface area contributed by atoms with Crippen molar-refractivity contribution < 1.29 is 14.7 Å². The second-order valence-corrected chi connectivity index (χ2v) is 3.64. The summed E-state index contributed by atoms with van der Waals surface area (Å²) in [6.07, 6.45) is 1.88. The average Bonchev–Trinajstić information content (AvgIpc) is 2.21. The smallest absolute Gasteiger partial charge is 0.326 e. The van der Waals surface area contributed by atoms with Crippen LogP contribution in [-0.4, -0.2) is 47.6 Å². The Kier molecular flexibility index (Phi) is 7.49. The van der Waals surface area contributed by atoms with E-state index in [-0.39, 0.29) is 19.0 Å². The number of hydrogen-bond donors (Lipinski definition) is 3. The van der Waals surface area contributed by atoms with Crippen LogP contribution in [0.3, 0.4) is 0 Å². The zero-order valence-corrected chi connectivity index (χ0v) is 9.69. The molecule has 0 spiro atoms. The third-order valence-corrected chi connectivity index (χ3v) is 2.37. The first-order valence-electron chi connectivity index (χ1n) is 5.44. The minimum Gasteiger partial charge on any atom is -0.480 e. The second-order valence-electron chi connectivity index (χ2n) is 3.64. The fraction of sp³-hybridized carbons (Fsp3) is 0.800. The van der Waals surface area contributed by atoms with Crippen molar-refractivity contribution in [2.45, 2.75) is 32.2 Å². The van der Waals surface area contributed by atoms with Crippen molar-refractivity contribution in [2.75, 3.05) is 19.6 Å². The molecule has 0 aromatic carbocycles. The third kappa shape index (κ3) is 5.09. The quantitative estimate of drug-likeness (QED) is 0.482. The summed E-state index contributed by atoms with van der Waals surface area (Å²) in [7, 11) is 0.